The third-order valence-corrected chi connectivity index (χ3v) is 8.32. The average molecular weight is 452 g/mol. The van der Waals surface area contributed by atoms with E-state index in [2.05, 4.69) is 27.8 Å². The summed E-state index contributed by atoms with van der Waals surface area (Å²) in [6.45, 7) is 4.67. The molecule has 1 aliphatic rings. The van der Waals surface area contributed by atoms with Gasteiger partial charge in [0.2, 0.25) is 0 Å². The molecular weight excluding hydrogens is 426 g/mol. The minimum atomic E-state index is -3.47. The van der Waals surface area contributed by atoms with Crippen LogP contribution in [0.15, 0.2) is 51.8 Å². The Hall–Kier alpha value is -1.53. The first-order valence-electron chi connectivity index (χ1n) is 9.34. The van der Waals surface area contributed by atoms with E-state index in [-0.39, 0.29) is 5.92 Å². The summed E-state index contributed by atoms with van der Waals surface area (Å²) < 4.78 is 33.0. The molecule has 0 aromatic heterocycles. The summed E-state index contributed by atoms with van der Waals surface area (Å²) in [7, 11) is -1.92. The molecule has 0 saturated heterocycles. The Morgan fingerprint density at radius 3 is 2.56 bits per heavy atom. The number of benzene rings is 2. The molecule has 0 amide bonds. The summed E-state index contributed by atoms with van der Waals surface area (Å²) in [5.41, 5.74) is 1.71. The summed E-state index contributed by atoms with van der Waals surface area (Å²) in [4.78, 5) is 2.49. The molecular formula is C21H26BrNO3S. The molecule has 1 aliphatic heterocycles. The maximum atomic E-state index is 13.5. The number of halogens is 1. The lowest BCUT2D eigenvalue weighted by Crippen LogP contribution is -2.31. The molecule has 6 heteroatoms. The highest BCUT2D eigenvalue weighted by Gasteiger charge is 2.39. The smallest absolute Gasteiger partial charge is 0.183 e. The van der Waals surface area contributed by atoms with Crippen LogP contribution in [0.3, 0.4) is 0 Å². The van der Waals surface area contributed by atoms with Gasteiger partial charge in [-0.15, -0.1) is 0 Å². The van der Waals surface area contributed by atoms with Crippen molar-refractivity contribution in [3.8, 4) is 5.75 Å². The third-order valence-electron chi connectivity index (χ3n) is 5.40. The monoisotopic (exact) mass is 451 g/mol. The molecule has 4 nitrogen and oxygen atoms in total. The fourth-order valence-electron chi connectivity index (χ4n) is 3.70. The number of para-hydroxylation sites is 1. The first kappa shape index (κ1) is 20.2. The van der Waals surface area contributed by atoms with Crippen molar-refractivity contribution in [2.24, 2.45) is 5.92 Å². The Kier molecular flexibility index (Phi) is 6.16. The number of rotatable bonds is 5. The van der Waals surface area contributed by atoms with Crippen LogP contribution in [0.25, 0.3) is 0 Å². The molecule has 2 unspecified atom stereocenters. The number of unbranched alkanes of at least 4 members (excludes halogenated alkanes) is 1. The maximum Gasteiger partial charge on any atom is 0.183 e. The van der Waals surface area contributed by atoms with Crippen LogP contribution < -0.4 is 9.64 Å². The summed E-state index contributed by atoms with van der Waals surface area (Å²) >= 11 is 3.52. The van der Waals surface area contributed by atoms with Crippen molar-refractivity contribution in [1.29, 1.82) is 0 Å². The molecule has 27 heavy (non-hydrogen) atoms. The quantitative estimate of drug-likeness (QED) is 0.595. The molecule has 2 atom stereocenters. The van der Waals surface area contributed by atoms with E-state index in [9.17, 15) is 8.42 Å². The van der Waals surface area contributed by atoms with E-state index >= 15 is 0 Å². The van der Waals surface area contributed by atoms with Gasteiger partial charge in [-0.1, -0.05) is 38.0 Å². The van der Waals surface area contributed by atoms with Gasteiger partial charge in [-0.3, -0.25) is 0 Å². The van der Waals surface area contributed by atoms with E-state index in [1.807, 2.05) is 43.3 Å². The minimum absolute atomic E-state index is 0.0623. The van der Waals surface area contributed by atoms with Gasteiger partial charge in [0.1, 0.15) is 5.75 Å². The SMILES string of the molecule is CCCCC1CN(c2ccccc2)c2cc(Br)c(OC)cc2S(=O)(=O)C1C. The molecule has 2 aromatic carbocycles. The van der Waals surface area contributed by atoms with Crippen LogP contribution in [0.4, 0.5) is 11.4 Å². The van der Waals surface area contributed by atoms with E-state index < -0.39 is 15.1 Å². The van der Waals surface area contributed by atoms with Crippen molar-refractivity contribution >= 4 is 37.1 Å². The summed E-state index contributed by atoms with van der Waals surface area (Å²) in [6.07, 6.45) is 2.98. The number of anilines is 2. The number of nitrogens with zero attached hydrogens (tertiary/aromatic N) is 1. The summed E-state index contributed by atoms with van der Waals surface area (Å²) in [5, 5.41) is -0.442. The standard InChI is InChI=1S/C21H26BrNO3S/c1-4-5-9-16-14-23(17-10-7-6-8-11-17)19-12-18(22)20(26-3)13-21(19)27(24,25)15(16)2/h6-8,10-13,15-16H,4-5,9,14H2,1-3H3. The van der Waals surface area contributed by atoms with Crippen molar-refractivity contribution in [2.45, 2.75) is 43.3 Å². The normalized spacial score (nSPS) is 21.4. The van der Waals surface area contributed by atoms with E-state index in [0.29, 0.717) is 22.9 Å². The number of ether oxygens (including phenoxy) is 1. The van der Waals surface area contributed by atoms with Crippen molar-refractivity contribution in [3.05, 3.63) is 46.9 Å². The summed E-state index contributed by atoms with van der Waals surface area (Å²) in [6, 6.07) is 13.5. The molecule has 0 radical (unpaired) electrons. The Balaban J connectivity index is 2.22. The Morgan fingerprint density at radius 1 is 1.22 bits per heavy atom. The molecule has 146 valence electrons. The zero-order chi connectivity index (χ0) is 19.6. The van der Waals surface area contributed by atoms with Gasteiger partial charge in [0, 0.05) is 18.3 Å². The third kappa shape index (κ3) is 3.87. The van der Waals surface area contributed by atoms with Gasteiger partial charge in [-0.05, 0) is 53.4 Å². The lowest BCUT2D eigenvalue weighted by Gasteiger charge is -2.28. The van der Waals surface area contributed by atoms with Gasteiger partial charge >= 0.3 is 0 Å². The van der Waals surface area contributed by atoms with Gasteiger partial charge in [0.15, 0.2) is 9.84 Å². The Labute approximate surface area is 170 Å². The topological polar surface area (TPSA) is 46.6 Å². The number of hydrogen-bond donors (Lipinski definition) is 0. The highest BCUT2D eigenvalue weighted by Crippen LogP contribution is 2.44. The maximum absolute atomic E-state index is 13.5. The highest BCUT2D eigenvalue weighted by atomic mass is 79.9. The second-order valence-corrected chi connectivity index (χ2v) is 10.2. The largest absolute Gasteiger partial charge is 0.496 e. The average Bonchev–Trinajstić information content (AvgIpc) is 2.74. The van der Waals surface area contributed by atoms with Crippen LogP contribution >= 0.6 is 15.9 Å². The molecule has 0 N–H and O–H groups in total. The van der Waals surface area contributed by atoms with Crippen LogP contribution in [0.1, 0.15) is 33.1 Å². The second-order valence-electron chi connectivity index (χ2n) is 7.05. The molecule has 2 aromatic rings. The van der Waals surface area contributed by atoms with Crippen LogP contribution in [0, 0.1) is 5.92 Å². The van der Waals surface area contributed by atoms with E-state index in [1.165, 1.54) is 0 Å². The molecule has 0 aliphatic carbocycles. The van der Waals surface area contributed by atoms with Gasteiger partial charge in [-0.25, -0.2) is 8.42 Å². The van der Waals surface area contributed by atoms with Gasteiger partial charge in [0.05, 0.1) is 27.4 Å². The second kappa shape index (κ2) is 8.23. The number of sulfone groups is 1. The fourth-order valence-corrected chi connectivity index (χ4v) is 6.05. The number of hydrogen-bond acceptors (Lipinski definition) is 4. The van der Waals surface area contributed by atoms with Gasteiger partial charge in [0.25, 0.3) is 0 Å². The first-order chi connectivity index (χ1) is 12.9. The van der Waals surface area contributed by atoms with Crippen molar-refractivity contribution in [2.75, 3.05) is 18.6 Å². The lowest BCUT2D eigenvalue weighted by atomic mass is 9.97. The molecule has 0 spiro atoms. The molecule has 0 saturated carbocycles. The van der Waals surface area contributed by atoms with Crippen molar-refractivity contribution in [1.82, 2.24) is 0 Å². The summed E-state index contributed by atoms with van der Waals surface area (Å²) in [5.74, 6) is 0.594. The van der Waals surface area contributed by atoms with Crippen LogP contribution in [-0.2, 0) is 9.84 Å². The Morgan fingerprint density at radius 2 is 1.93 bits per heavy atom. The predicted octanol–water partition coefficient (Wildman–Crippen LogP) is 5.58. The molecule has 1 heterocycles. The zero-order valence-corrected chi connectivity index (χ0v) is 18.4. The van der Waals surface area contributed by atoms with Crippen LogP contribution in [0.2, 0.25) is 0 Å². The molecule has 0 fully saturated rings. The number of fused-ring (bicyclic) bond motifs is 1. The van der Waals surface area contributed by atoms with Crippen molar-refractivity contribution < 1.29 is 13.2 Å². The van der Waals surface area contributed by atoms with E-state index in [0.717, 1.165) is 29.4 Å². The minimum Gasteiger partial charge on any atom is -0.496 e. The molecule has 0 bridgehead atoms. The van der Waals surface area contributed by atoms with Crippen molar-refractivity contribution in [3.63, 3.8) is 0 Å². The predicted molar refractivity (Wildman–Crippen MR) is 114 cm³/mol. The number of methoxy groups -OCH3 is 1. The van der Waals surface area contributed by atoms with Crippen LogP contribution in [0.5, 0.6) is 5.75 Å². The van der Waals surface area contributed by atoms with Gasteiger partial charge in [-0.2, -0.15) is 0 Å². The lowest BCUT2D eigenvalue weighted by molar-refractivity contribution is 0.411. The van der Waals surface area contributed by atoms with E-state index in [4.69, 9.17) is 4.74 Å². The Bertz CT molecular complexity index is 899. The first-order valence-corrected chi connectivity index (χ1v) is 11.7. The van der Waals surface area contributed by atoms with Gasteiger partial charge < -0.3 is 9.64 Å². The highest BCUT2D eigenvalue weighted by molar-refractivity contribution is 9.10. The fraction of sp³-hybridized carbons (Fsp3) is 0.429. The van der Waals surface area contributed by atoms with Crippen LogP contribution in [-0.4, -0.2) is 27.3 Å². The van der Waals surface area contributed by atoms with E-state index in [1.54, 1.807) is 13.2 Å². The molecule has 3 rings (SSSR count). The zero-order valence-electron chi connectivity index (χ0n) is 16.0.